The van der Waals surface area contributed by atoms with Crippen LogP contribution in [0, 0.1) is 0 Å². The van der Waals surface area contributed by atoms with Crippen molar-refractivity contribution in [2.45, 2.75) is 11.4 Å². The average Bonchev–Trinajstić information content (AvgIpc) is 3.06. The fourth-order valence-corrected chi connectivity index (χ4v) is 3.76. The summed E-state index contributed by atoms with van der Waals surface area (Å²) in [7, 11) is -0.443. The minimum absolute atomic E-state index is 0.241. The van der Waals surface area contributed by atoms with E-state index in [1.807, 2.05) is 0 Å². The molecular weight excluding hydrogens is 423 g/mol. The highest BCUT2D eigenvalue weighted by Gasteiger charge is 2.16. The Labute approximate surface area is 172 Å². The van der Waals surface area contributed by atoms with Crippen LogP contribution in [0.1, 0.15) is 5.56 Å². The van der Waals surface area contributed by atoms with E-state index in [2.05, 4.69) is 25.8 Å². The number of nitrogens with zero attached hydrogens (tertiary/aromatic N) is 3. The number of aromatic amines is 1. The van der Waals surface area contributed by atoms with E-state index in [1.165, 1.54) is 18.4 Å². The van der Waals surface area contributed by atoms with Crippen LogP contribution in [0.4, 0.5) is 17.6 Å². The quantitative estimate of drug-likeness (QED) is 0.517. The number of aromatic nitrogens is 3. The van der Waals surface area contributed by atoms with Crippen molar-refractivity contribution in [2.75, 3.05) is 24.7 Å². The van der Waals surface area contributed by atoms with Crippen LogP contribution in [-0.2, 0) is 16.6 Å². The first-order valence-corrected chi connectivity index (χ1v) is 10.3. The molecule has 0 fully saturated rings. The number of anilines is 3. The van der Waals surface area contributed by atoms with Crippen molar-refractivity contribution in [1.82, 2.24) is 19.5 Å². The largest absolute Gasteiger partial charge is 0.349 e. The second kappa shape index (κ2) is 8.36. The number of benzene rings is 2. The molecule has 0 amide bonds. The lowest BCUT2D eigenvalue weighted by molar-refractivity contribution is 0.520. The summed E-state index contributed by atoms with van der Waals surface area (Å²) in [5.41, 5.74) is 1.57. The third-order valence-corrected chi connectivity index (χ3v) is 6.03. The summed E-state index contributed by atoms with van der Waals surface area (Å²) >= 11 is 11.9. The van der Waals surface area contributed by atoms with Crippen molar-refractivity contribution >= 4 is 50.8 Å². The topological polar surface area (TPSA) is 103 Å². The van der Waals surface area contributed by atoms with E-state index in [0.29, 0.717) is 34.2 Å². The first kappa shape index (κ1) is 20.4. The fraction of sp³-hybridized carbons (Fsp3) is 0.176. The minimum Gasteiger partial charge on any atom is -0.349 e. The molecule has 1 heterocycles. The van der Waals surface area contributed by atoms with Gasteiger partial charge in [-0.15, -0.1) is 5.10 Å². The summed E-state index contributed by atoms with van der Waals surface area (Å²) in [4.78, 5) is 4.52. The zero-order valence-corrected chi connectivity index (χ0v) is 17.4. The molecule has 0 aliphatic rings. The smallest absolute Gasteiger partial charge is 0.243 e. The zero-order chi connectivity index (χ0) is 20.3. The lowest BCUT2D eigenvalue weighted by Crippen LogP contribution is -2.22. The van der Waals surface area contributed by atoms with Crippen LogP contribution < -0.4 is 10.6 Å². The number of rotatable bonds is 7. The van der Waals surface area contributed by atoms with Gasteiger partial charge < -0.3 is 10.6 Å². The van der Waals surface area contributed by atoms with Gasteiger partial charge in [-0.05, 0) is 35.9 Å². The summed E-state index contributed by atoms with van der Waals surface area (Å²) in [5, 5.41) is 13.9. The van der Waals surface area contributed by atoms with E-state index in [0.717, 1.165) is 5.56 Å². The second-order valence-corrected chi connectivity index (χ2v) is 9.10. The molecule has 3 rings (SSSR count). The van der Waals surface area contributed by atoms with Crippen molar-refractivity contribution < 1.29 is 8.42 Å². The Morgan fingerprint density at radius 1 is 1.07 bits per heavy atom. The molecule has 11 heteroatoms. The summed E-state index contributed by atoms with van der Waals surface area (Å²) in [6.45, 7) is 0.433. The molecule has 0 bridgehead atoms. The number of halogens is 2. The maximum atomic E-state index is 12.1. The van der Waals surface area contributed by atoms with E-state index in [1.54, 1.807) is 42.5 Å². The SMILES string of the molecule is CN(C)S(=O)(=O)c1ccc(CNc2n[nH]c(Nc3cc(Cl)cc(Cl)c3)n2)cc1. The first-order chi connectivity index (χ1) is 13.2. The van der Waals surface area contributed by atoms with Crippen molar-refractivity contribution in [3.8, 4) is 0 Å². The van der Waals surface area contributed by atoms with E-state index < -0.39 is 10.0 Å². The molecule has 2 aromatic carbocycles. The van der Waals surface area contributed by atoms with Crippen molar-refractivity contribution in [3.05, 3.63) is 58.1 Å². The molecule has 0 saturated carbocycles. The van der Waals surface area contributed by atoms with Gasteiger partial charge in [-0.2, -0.15) is 4.98 Å². The van der Waals surface area contributed by atoms with E-state index in [4.69, 9.17) is 23.2 Å². The van der Waals surface area contributed by atoms with Crippen LogP contribution in [0.5, 0.6) is 0 Å². The van der Waals surface area contributed by atoms with Gasteiger partial charge in [0.1, 0.15) is 0 Å². The Hall–Kier alpha value is -2.33. The molecule has 0 spiro atoms. The molecule has 8 nitrogen and oxygen atoms in total. The fourth-order valence-electron chi connectivity index (χ4n) is 2.33. The predicted molar refractivity (Wildman–Crippen MR) is 111 cm³/mol. The van der Waals surface area contributed by atoms with E-state index >= 15 is 0 Å². The molecule has 0 aliphatic heterocycles. The lowest BCUT2D eigenvalue weighted by atomic mass is 10.2. The number of H-pyrrole nitrogens is 1. The van der Waals surface area contributed by atoms with Gasteiger partial charge in [0.15, 0.2) is 0 Å². The zero-order valence-electron chi connectivity index (χ0n) is 15.1. The molecule has 0 saturated heterocycles. The average molecular weight is 441 g/mol. The van der Waals surface area contributed by atoms with Crippen molar-refractivity contribution in [1.29, 1.82) is 0 Å². The number of nitrogens with one attached hydrogen (secondary N) is 3. The monoisotopic (exact) mass is 440 g/mol. The van der Waals surface area contributed by atoms with Gasteiger partial charge in [-0.25, -0.2) is 17.8 Å². The molecule has 3 N–H and O–H groups in total. The molecule has 0 aliphatic carbocycles. The second-order valence-electron chi connectivity index (χ2n) is 6.08. The summed E-state index contributed by atoms with van der Waals surface area (Å²) < 4.78 is 25.3. The van der Waals surface area contributed by atoms with Gasteiger partial charge in [0.2, 0.25) is 21.9 Å². The maximum Gasteiger partial charge on any atom is 0.243 e. The van der Waals surface area contributed by atoms with Gasteiger partial charge in [-0.1, -0.05) is 35.3 Å². The molecule has 0 radical (unpaired) electrons. The molecule has 28 heavy (non-hydrogen) atoms. The Kier molecular flexibility index (Phi) is 6.09. The predicted octanol–water partition coefficient (Wildman–Crippen LogP) is 3.72. The normalized spacial score (nSPS) is 11.6. The number of sulfonamides is 1. The first-order valence-electron chi connectivity index (χ1n) is 8.15. The molecule has 148 valence electrons. The summed E-state index contributed by atoms with van der Waals surface area (Å²) in [5.74, 6) is 0.814. The van der Waals surface area contributed by atoms with Crippen LogP contribution >= 0.6 is 23.2 Å². The number of hydrogen-bond acceptors (Lipinski definition) is 6. The van der Waals surface area contributed by atoms with Crippen LogP contribution in [-0.4, -0.2) is 42.0 Å². The van der Waals surface area contributed by atoms with Gasteiger partial charge >= 0.3 is 0 Å². The lowest BCUT2D eigenvalue weighted by Gasteiger charge is -2.11. The number of hydrogen-bond donors (Lipinski definition) is 3. The highest BCUT2D eigenvalue weighted by molar-refractivity contribution is 7.89. The Bertz CT molecular complexity index is 1050. The molecule has 3 aromatic rings. The molecular formula is C17H18Cl2N6O2S. The van der Waals surface area contributed by atoms with Gasteiger partial charge in [-0.3, -0.25) is 0 Å². The Morgan fingerprint density at radius 2 is 1.71 bits per heavy atom. The Morgan fingerprint density at radius 3 is 2.32 bits per heavy atom. The van der Waals surface area contributed by atoms with Crippen molar-refractivity contribution in [2.24, 2.45) is 0 Å². The third kappa shape index (κ3) is 4.93. The van der Waals surface area contributed by atoms with E-state index in [9.17, 15) is 8.42 Å². The third-order valence-electron chi connectivity index (χ3n) is 3.76. The van der Waals surface area contributed by atoms with E-state index in [-0.39, 0.29) is 4.90 Å². The maximum absolute atomic E-state index is 12.1. The van der Waals surface area contributed by atoms with Crippen LogP contribution in [0.25, 0.3) is 0 Å². The molecule has 1 aromatic heterocycles. The standard InChI is InChI=1S/C17H18Cl2N6O2S/c1-25(2)28(26,27)15-5-3-11(4-6-15)10-20-16-22-17(24-23-16)21-14-8-12(18)7-13(19)9-14/h3-9H,10H2,1-2H3,(H3,20,21,22,23,24). The van der Waals surface area contributed by atoms with Gasteiger partial charge in [0, 0.05) is 36.4 Å². The molecule has 0 unspecified atom stereocenters. The van der Waals surface area contributed by atoms with Gasteiger partial charge in [0.05, 0.1) is 4.90 Å². The highest BCUT2D eigenvalue weighted by Crippen LogP contribution is 2.24. The summed E-state index contributed by atoms with van der Waals surface area (Å²) in [6.07, 6.45) is 0. The van der Waals surface area contributed by atoms with Crippen LogP contribution in [0.15, 0.2) is 47.4 Å². The van der Waals surface area contributed by atoms with Gasteiger partial charge in [0.25, 0.3) is 0 Å². The Balaban J connectivity index is 1.61. The highest BCUT2D eigenvalue weighted by atomic mass is 35.5. The minimum atomic E-state index is -3.44. The van der Waals surface area contributed by atoms with Crippen LogP contribution in [0.3, 0.4) is 0 Å². The molecule has 0 atom stereocenters. The summed E-state index contributed by atoms with van der Waals surface area (Å²) in [6, 6.07) is 11.7. The van der Waals surface area contributed by atoms with Crippen LogP contribution in [0.2, 0.25) is 10.0 Å². The van der Waals surface area contributed by atoms with Crippen molar-refractivity contribution in [3.63, 3.8) is 0 Å².